The van der Waals surface area contributed by atoms with Crippen LogP contribution in [-0.2, 0) is 16.1 Å². The number of hydrogen-bond acceptors (Lipinski definition) is 4. The van der Waals surface area contributed by atoms with Gasteiger partial charge in [-0.3, -0.25) is 9.59 Å². The summed E-state index contributed by atoms with van der Waals surface area (Å²) in [6, 6.07) is 9.29. The standard InChI is InChI=1S/C13H14N4O2/c14-5-6-16-12(18)9-17-11-4-2-1-3-10(11)7-15-8-13(17)19/h1-4,15H,6-9H2,(H,16,18). The second-order valence-corrected chi connectivity index (χ2v) is 4.15. The topological polar surface area (TPSA) is 85.2 Å². The Hall–Kier alpha value is -2.39. The molecule has 0 saturated carbocycles. The minimum atomic E-state index is -0.341. The van der Waals surface area contributed by atoms with Gasteiger partial charge in [-0.25, -0.2) is 0 Å². The number of para-hydroxylation sites is 1. The summed E-state index contributed by atoms with van der Waals surface area (Å²) in [5, 5.41) is 13.9. The summed E-state index contributed by atoms with van der Waals surface area (Å²) in [5.74, 6) is -0.497. The molecular weight excluding hydrogens is 244 g/mol. The Morgan fingerprint density at radius 3 is 3.00 bits per heavy atom. The van der Waals surface area contributed by atoms with Gasteiger partial charge in [0.1, 0.15) is 13.1 Å². The van der Waals surface area contributed by atoms with Crippen molar-refractivity contribution in [2.45, 2.75) is 6.54 Å². The predicted molar refractivity (Wildman–Crippen MR) is 69.1 cm³/mol. The summed E-state index contributed by atoms with van der Waals surface area (Å²) in [4.78, 5) is 25.1. The van der Waals surface area contributed by atoms with Crippen LogP contribution in [0.2, 0.25) is 0 Å². The van der Waals surface area contributed by atoms with Gasteiger partial charge in [0.2, 0.25) is 11.8 Å². The average molecular weight is 258 g/mol. The maximum absolute atomic E-state index is 12.0. The molecule has 0 radical (unpaired) electrons. The molecule has 1 heterocycles. The Morgan fingerprint density at radius 2 is 2.21 bits per heavy atom. The molecule has 19 heavy (non-hydrogen) atoms. The van der Waals surface area contributed by atoms with Crippen LogP contribution < -0.4 is 15.5 Å². The van der Waals surface area contributed by atoms with Crippen molar-refractivity contribution < 1.29 is 9.59 Å². The van der Waals surface area contributed by atoms with E-state index in [1.165, 1.54) is 4.90 Å². The number of fused-ring (bicyclic) bond motifs is 1. The van der Waals surface area contributed by atoms with Gasteiger partial charge in [0.15, 0.2) is 0 Å². The van der Waals surface area contributed by atoms with Crippen LogP contribution in [0.4, 0.5) is 5.69 Å². The molecule has 2 amide bonds. The lowest BCUT2D eigenvalue weighted by molar-refractivity contribution is -0.123. The number of nitrogens with zero attached hydrogens (tertiary/aromatic N) is 2. The van der Waals surface area contributed by atoms with E-state index >= 15 is 0 Å². The lowest BCUT2D eigenvalue weighted by Crippen LogP contribution is -2.43. The van der Waals surface area contributed by atoms with Crippen molar-refractivity contribution in [3.05, 3.63) is 29.8 Å². The highest BCUT2D eigenvalue weighted by molar-refractivity contribution is 6.00. The summed E-state index contributed by atoms with van der Waals surface area (Å²) in [6.07, 6.45) is 0. The Balaban J connectivity index is 2.20. The summed E-state index contributed by atoms with van der Waals surface area (Å²) in [5.41, 5.74) is 1.71. The SMILES string of the molecule is N#CCNC(=O)CN1C(=O)CNCc2ccccc21. The molecule has 0 bridgehead atoms. The van der Waals surface area contributed by atoms with Crippen molar-refractivity contribution in [2.24, 2.45) is 0 Å². The van der Waals surface area contributed by atoms with E-state index < -0.39 is 0 Å². The van der Waals surface area contributed by atoms with Gasteiger partial charge < -0.3 is 15.5 Å². The zero-order chi connectivity index (χ0) is 13.7. The van der Waals surface area contributed by atoms with E-state index in [-0.39, 0.29) is 31.4 Å². The average Bonchev–Trinajstić information content (AvgIpc) is 2.57. The first-order valence-electron chi connectivity index (χ1n) is 5.95. The molecular formula is C13H14N4O2. The quantitative estimate of drug-likeness (QED) is 0.733. The molecule has 0 spiro atoms. The first kappa shape index (κ1) is 13.1. The van der Waals surface area contributed by atoms with Gasteiger partial charge in [0.25, 0.3) is 0 Å². The number of nitrogens with one attached hydrogen (secondary N) is 2. The van der Waals surface area contributed by atoms with Crippen LogP contribution in [0.3, 0.4) is 0 Å². The summed E-state index contributed by atoms with van der Waals surface area (Å²) >= 11 is 0. The fraction of sp³-hybridized carbons (Fsp3) is 0.308. The molecule has 0 aromatic heterocycles. The normalized spacial score (nSPS) is 14.3. The summed E-state index contributed by atoms with van der Waals surface area (Å²) < 4.78 is 0. The van der Waals surface area contributed by atoms with E-state index in [0.29, 0.717) is 6.54 Å². The summed E-state index contributed by atoms with van der Waals surface area (Å²) in [6.45, 7) is 0.665. The fourth-order valence-electron chi connectivity index (χ4n) is 1.97. The van der Waals surface area contributed by atoms with Crippen molar-refractivity contribution in [3.63, 3.8) is 0 Å². The maximum Gasteiger partial charge on any atom is 0.241 e. The first-order valence-corrected chi connectivity index (χ1v) is 5.95. The molecule has 6 heteroatoms. The van der Waals surface area contributed by atoms with E-state index in [1.807, 2.05) is 30.3 Å². The van der Waals surface area contributed by atoms with Crippen molar-refractivity contribution in [1.29, 1.82) is 5.26 Å². The van der Waals surface area contributed by atoms with Crippen LogP contribution in [0.25, 0.3) is 0 Å². The van der Waals surface area contributed by atoms with Gasteiger partial charge in [-0.2, -0.15) is 5.26 Å². The predicted octanol–water partition coefficient (Wildman–Crippen LogP) is -0.237. The number of nitriles is 1. The van der Waals surface area contributed by atoms with Crippen LogP contribution in [0.5, 0.6) is 0 Å². The van der Waals surface area contributed by atoms with Crippen LogP contribution >= 0.6 is 0 Å². The van der Waals surface area contributed by atoms with Gasteiger partial charge in [-0.1, -0.05) is 18.2 Å². The van der Waals surface area contributed by atoms with Crippen LogP contribution in [-0.4, -0.2) is 31.4 Å². The number of benzene rings is 1. The van der Waals surface area contributed by atoms with Crippen LogP contribution in [0, 0.1) is 11.3 Å². The Kier molecular flexibility index (Phi) is 4.11. The molecule has 0 atom stereocenters. The van der Waals surface area contributed by atoms with Crippen molar-refractivity contribution in [3.8, 4) is 6.07 Å². The number of anilines is 1. The maximum atomic E-state index is 12.0. The number of carbonyl (C=O) groups excluding carboxylic acids is 2. The number of rotatable bonds is 3. The van der Waals surface area contributed by atoms with Crippen molar-refractivity contribution >= 4 is 17.5 Å². The van der Waals surface area contributed by atoms with Gasteiger partial charge in [0, 0.05) is 12.2 Å². The highest BCUT2D eigenvalue weighted by Gasteiger charge is 2.23. The Labute approximate surface area is 111 Å². The molecule has 98 valence electrons. The third kappa shape index (κ3) is 3.09. The van der Waals surface area contributed by atoms with Gasteiger partial charge in [-0.15, -0.1) is 0 Å². The van der Waals surface area contributed by atoms with Crippen LogP contribution in [0.15, 0.2) is 24.3 Å². The molecule has 0 fully saturated rings. The highest BCUT2D eigenvalue weighted by atomic mass is 16.2. The molecule has 6 nitrogen and oxygen atoms in total. The number of amides is 2. The van der Waals surface area contributed by atoms with E-state index in [1.54, 1.807) is 0 Å². The third-order valence-electron chi connectivity index (χ3n) is 2.84. The Morgan fingerprint density at radius 1 is 1.42 bits per heavy atom. The number of hydrogen-bond donors (Lipinski definition) is 2. The van der Waals surface area contributed by atoms with Crippen LogP contribution in [0.1, 0.15) is 5.56 Å². The molecule has 2 rings (SSSR count). The van der Waals surface area contributed by atoms with Gasteiger partial charge >= 0.3 is 0 Å². The third-order valence-corrected chi connectivity index (χ3v) is 2.84. The van der Waals surface area contributed by atoms with Gasteiger partial charge in [-0.05, 0) is 11.6 Å². The lowest BCUT2D eigenvalue weighted by atomic mass is 10.1. The minimum absolute atomic E-state index is 0.0548. The van der Waals surface area contributed by atoms with Gasteiger partial charge in [0.05, 0.1) is 12.6 Å². The molecule has 0 unspecified atom stereocenters. The van der Waals surface area contributed by atoms with E-state index in [9.17, 15) is 9.59 Å². The number of carbonyl (C=O) groups is 2. The molecule has 0 saturated heterocycles. The zero-order valence-corrected chi connectivity index (χ0v) is 10.3. The largest absolute Gasteiger partial charge is 0.341 e. The molecule has 1 aliphatic rings. The molecule has 1 aliphatic heterocycles. The molecule has 2 N–H and O–H groups in total. The molecule has 1 aromatic carbocycles. The first-order chi connectivity index (χ1) is 9.22. The smallest absolute Gasteiger partial charge is 0.241 e. The molecule has 1 aromatic rings. The van der Waals surface area contributed by atoms with E-state index in [4.69, 9.17) is 5.26 Å². The van der Waals surface area contributed by atoms with Crippen molar-refractivity contribution in [2.75, 3.05) is 24.5 Å². The second kappa shape index (κ2) is 5.98. The second-order valence-electron chi connectivity index (χ2n) is 4.15. The lowest BCUT2D eigenvalue weighted by Gasteiger charge is -2.21. The monoisotopic (exact) mass is 258 g/mol. The molecule has 0 aliphatic carbocycles. The van der Waals surface area contributed by atoms with E-state index in [0.717, 1.165) is 11.3 Å². The Bertz CT molecular complexity index is 536. The zero-order valence-electron chi connectivity index (χ0n) is 10.3. The minimum Gasteiger partial charge on any atom is -0.341 e. The summed E-state index contributed by atoms with van der Waals surface area (Å²) in [7, 11) is 0. The van der Waals surface area contributed by atoms with Crippen molar-refractivity contribution in [1.82, 2.24) is 10.6 Å². The highest BCUT2D eigenvalue weighted by Crippen LogP contribution is 2.22. The van der Waals surface area contributed by atoms with E-state index in [2.05, 4.69) is 10.6 Å². The fourth-order valence-corrected chi connectivity index (χ4v) is 1.97.